The van der Waals surface area contributed by atoms with E-state index in [1.807, 2.05) is 30.3 Å². The number of hydrogen-bond acceptors (Lipinski definition) is 3. The Hall–Kier alpha value is -3.67. The van der Waals surface area contributed by atoms with Crippen LogP contribution in [-0.2, 0) is 11.2 Å². The number of carbonyl (C=O) groups is 2. The molecule has 0 saturated heterocycles. The Kier molecular flexibility index (Phi) is 5.75. The molecule has 0 bridgehead atoms. The third-order valence-corrected chi connectivity index (χ3v) is 4.94. The van der Waals surface area contributed by atoms with Gasteiger partial charge in [-0.1, -0.05) is 30.3 Å². The van der Waals surface area contributed by atoms with Gasteiger partial charge in [0.25, 0.3) is 11.8 Å². The van der Waals surface area contributed by atoms with E-state index in [0.717, 1.165) is 24.1 Å². The first-order valence-electron chi connectivity index (χ1n) is 9.79. The average molecular weight is 404 g/mol. The summed E-state index contributed by atoms with van der Waals surface area (Å²) in [5, 5.41) is 2.77. The number of halogens is 1. The van der Waals surface area contributed by atoms with E-state index in [1.54, 1.807) is 35.2 Å². The summed E-state index contributed by atoms with van der Waals surface area (Å²) in [6.07, 6.45) is 1.67. The van der Waals surface area contributed by atoms with E-state index < -0.39 is 5.82 Å². The Labute approximate surface area is 174 Å². The van der Waals surface area contributed by atoms with Gasteiger partial charge < -0.3 is 15.0 Å². The normalized spacial score (nSPS) is 12.8. The SMILES string of the molecule is O=C(COc1ccccc1F)Nc1ccc2c(c1)CCCN2C(=O)c1ccccc1. The predicted octanol–water partition coefficient (Wildman–Crippen LogP) is 4.44. The van der Waals surface area contributed by atoms with Crippen LogP contribution in [0.25, 0.3) is 0 Å². The molecule has 5 nitrogen and oxygen atoms in total. The van der Waals surface area contributed by atoms with Crippen LogP contribution in [0.1, 0.15) is 22.3 Å². The van der Waals surface area contributed by atoms with Gasteiger partial charge in [-0.25, -0.2) is 4.39 Å². The van der Waals surface area contributed by atoms with Crippen molar-refractivity contribution < 1.29 is 18.7 Å². The lowest BCUT2D eigenvalue weighted by molar-refractivity contribution is -0.118. The van der Waals surface area contributed by atoms with E-state index >= 15 is 0 Å². The van der Waals surface area contributed by atoms with Gasteiger partial charge in [0.05, 0.1) is 0 Å². The van der Waals surface area contributed by atoms with Crippen molar-refractivity contribution in [2.75, 3.05) is 23.4 Å². The summed E-state index contributed by atoms with van der Waals surface area (Å²) in [6, 6.07) is 20.6. The molecule has 0 saturated carbocycles. The van der Waals surface area contributed by atoms with Gasteiger partial charge in [-0.05, 0) is 60.9 Å². The van der Waals surface area contributed by atoms with Crippen molar-refractivity contribution in [3.8, 4) is 5.75 Å². The number of para-hydroxylation sites is 1. The number of anilines is 2. The zero-order chi connectivity index (χ0) is 20.9. The number of benzene rings is 3. The number of aryl methyl sites for hydroxylation is 1. The molecular formula is C24H21FN2O3. The van der Waals surface area contributed by atoms with Crippen molar-refractivity contribution in [1.82, 2.24) is 0 Å². The number of hydrogen-bond donors (Lipinski definition) is 1. The maximum atomic E-state index is 13.6. The molecule has 1 aliphatic rings. The first-order valence-corrected chi connectivity index (χ1v) is 9.79. The van der Waals surface area contributed by atoms with Crippen molar-refractivity contribution in [2.45, 2.75) is 12.8 Å². The van der Waals surface area contributed by atoms with Crippen LogP contribution in [0.5, 0.6) is 5.75 Å². The molecule has 0 spiro atoms. The molecular weight excluding hydrogens is 383 g/mol. The maximum absolute atomic E-state index is 13.6. The highest BCUT2D eigenvalue weighted by Crippen LogP contribution is 2.31. The quantitative estimate of drug-likeness (QED) is 0.684. The number of fused-ring (bicyclic) bond motifs is 1. The van der Waals surface area contributed by atoms with E-state index in [4.69, 9.17) is 4.74 Å². The minimum atomic E-state index is -0.512. The fourth-order valence-corrected chi connectivity index (χ4v) is 3.52. The molecule has 0 aliphatic carbocycles. The summed E-state index contributed by atoms with van der Waals surface area (Å²) in [5.74, 6) is -0.895. The molecule has 1 N–H and O–H groups in total. The second kappa shape index (κ2) is 8.78. The number of amides is 2. The molecule has 0 radical (unpaired) electrons. The minimum Gasteiger partial charge on any atom is -0.481 e. The van der Waals surface area contributed by atoms with Gasteiger partial charge in [0.2, 0.25) is 0 Å². The second-order valence-electron chi connectivity index (χ2n) is 7.04. The first-order chi connectivity index (χ1) is 14.6. The minimum absolute atomic E-state index is 0.0353. The van der Waals surface area contributed by atoms with Crippen molar-refractivity contribution in [2.24, 2.45) is 0 Å². The lowest BCUT2D eigenvalue weighted by Gasteiger charge is -2.30. The van der Waals surface area contributed by atoms with Crippen molar-refractivity contribution in [3.05, 3.63) is 89.7 Å². The summed E-state index contributed by atoms with van der Waals surface area (Å²) in [4.78, 5) is 26.9. The molecule has 0 atom stereocenters. The van der Waals surface area contributed by atoms with Crippen LogP contribution in [0, 0.1) is 5.82 Å². The first kappa shape index (κ1) is 19.6. The predicted molar refractivity (Wildman–Crippen MR) is 113 cm³/mol. The third-order valence-electron chi connectivity index (χ3n) is 4.94. The van der Waals surface area contributed by atoms with Crippen LogP contribution in [0.15, 0.2) is 72.8 Å². The van der Waals surface area contributed by atoms with Gasteiger partial charge in [0.1, 0.15) is 0 Å². The lowest BCUT2D eigenvalue weighted by atomic mass is 10.00. The van der Waals surface area contributed by atoms with Gasteiger partial charge in [0.15, 0.2) is 18.2 Å². The van der Waals surface area contributed by atoms with E-state index in [-0.39, 0.29) is 24.2 Å². The lowest BCUT2D eigenvalue weighted by Crippen LogP contribution is -2.35. The number of rotatable bonds is 5. The molecule has 6 heteroatoms. The van der Waals surface area contributed by atoms with Crippen molar-refractivity contribution >= 4 is 23.2 Å². The number of ether oxygens (including phenoxy) is 1. The summed E-state index contributed by atoms with van der Waals surface area (Å²) in [5.41, 5.74) is 3.12. The summed E-state index contributed by atoms with van der Waals surface area (Å²) >= 11 is 0. The van der Waals surface area contributed by atoms with Crippen LogP contribution < -0.4 is 15.0 Å². The number of carbonyl (C=O) groups excluding carboxylic acids is 2. The molecule has 4 rings (SSSR count). The summed E-state index contributed by atoms with van der Waals surface area (Å²) in [6.45, 7) is 0.361. The molecule has 3 aromatic carbocycles. The molecule has 2 amide bonds. The van der Waals surface area contributed by atoms with Crippen molar-refractivity contribution in [1.29, 1.82) is 0 Å². The highest BCUT2D eigenvalue weighted by molar-refractivity contribution is 6.07. The van der Waals surface area contributed by atoms with Crippen molar-refractivity contribution in [3.63, 3.8) is 0 Å². The fourth-order valence-electron chi connectivity index (χ4n) is 3.52. The molecule has 152 valence electrons. The molecule has 1 aliphatic heterocycles. The maximum Gasteiger partial charge on any atom is 0.262 e. The van der Waals surface area contributed by atoms with Gasteiger partial charge >= 0.3 is 0 Å². The highest BCUT2D eigenvalue weighted by atomic mass is 19.1. The summed E-state index contributed by atoms with van der Waals surface area (Å²) in [7, 11) is 0. The monoisotopic (exact) mass is 404 g/mol. The van der Waals surface area contributed by atoms with Crippen LogP contribution in [0.2, 0.25) is 0 Å². The third kappa shape index (κ3) is 4.33. The molecule has 0 fully saturated rings. The van der Waals surface area contributed by atoms with Crippen LogP contribution in [-0.4, -0.2) is 25.0 Å². The topological polar surface area (TPSA) is 58.6 Å². The Balaban J connectivity index is 1.44. The number of nitrogens with one attached hydrogen (secondary N) is 1. The van der Waals surface area contributed by atoms with Crippen LogP contribution >= 0.6 is 0 Å². The van der Waals surface area contributed by atoms with E-state index in [0.29, 0.717) is 17.8 Å². The van der Waals surface area contributed by atoms with Crippen LogP contribution in [0.4, 0.5) is 15.8 Å². The highest BCUT2D eigenvalue weighted by Gasteiger charge is 2.23. The van der Waals surface area contributed by atoms with Gasteiger partial charge in [-0.15, -0.1) is 0 Å². The summed E-state index contributed by atoms with van der Waals surface area (Å²) < 4.78 is 18.8. The zero-order valence-corrected chi connectivity index (χ0v) is 16.3. The average Bonchev–Trinajstić information content (AvgIpc) is 2.78. The van der Waals surface area contributed by atoms with Crippen LogP contribution in [0.3, 0.4) is 0 Å². The largest absolute Gasteiger partial charge is 0.481 e. The van der Waals surface area contributed by atoms with Gasteiger partial charge in [-0.2, -0.15) is 0 Å². The zero-order valence-electron chi connectivity index (χ0n) is 16.3. The van der Waals surface area contributed by atoms with Gasteiger partial charge in [0, 0.05) is 23.5 Å². The Morgan fingerprint density at radius 3 is 2.57 bits per heavy atom. The Morgan fingerprint density at radius 2 is 1.77 bits per heavy atom. The molecule has 0 aromatic heterocycles. The van der Waals surface area contributed by atoms with E-state index in [2.05, 4.69) is 5.32 Å². The second-order valence-corrected chi connectivity index (χ2v) is 7.04. The molecule has 0 unspecified atom stereocenters. The Morgan fingerprint density at radius 1 is 1.00 bits per heavy atom. The van der Waals surface area contributed by atoms with Gasteiger partial charge in [-0.3, -0.25) is 9.59 Å². The molecule has 30 heavy (non-hydrogen) atoms. The van der Waals surface area contributed by atoms with E-state index in [9.17, 15) is 14.0 Å². The Bertz CT molecular complexity index is 1070. The standard InChI is InChI=1S/C24H21FN2O3/c25-20-10-4-5-11-22(20)30-16-23(28)26-19-12-13-21-18(15-19)9-6-14-27(21)24(29)17-7-2-1-3-8-17/h1-5,7-8,10-13,15H,6,9,14,16H2,(H,26,28). The fraction of sp³-hybridized carbons (Fsp3) is 0.167. The van der Waals surface area contributed by atoms with E-state index in [1.165, 1.54) is 12.1 Å². The molecule has 3 aromatic rings. The number of nitrogens with zero attached hydrogens (tertiary/aromatic N) is 1. The molecule has 1 heterocycles. The smallest absolute Gasteiger partial charge is 0.262 e.